The monoisotopic (exact) mass is 501 g/mol. The van der Waals surface area contributed by atoms with E-state index in [0.717, 1.165) is 5.57 Å². The summed E-state index contributed by atoms with van der Waals surface area (Å²) in [5, 5.41) is 5.21. The first-order chi connectivity index (χ1) is 15.3. The van der Waals surface area contributed by atoms with Crippen molar-refractivity contribution in [3.8, 4) is 0 Å². The van der Waals surface area contributed by atoms with Gasteiger partial charge in [0, 0.05) is 17.0 Å². The molecule has 1 unspecified atom stereocenters. The van der Waals surface area contributed by atoms with E-state index in [1.165, 1.54) is 11.3 Å². The van der Waals surface area contributed by atoms with Gasteiger partial charge in [-0.1, -0.05) is 18.6 Å². The molecule has 0 radical (unpaired) electrons. The number of hydrogen-bond acceptors (Lipinski definition) is 8. The maximum atomic E-state index is 12.5. The van der Waals surface area contributed by atoms with Gasteiger partial charge in [0.25, 0.3) is 0 Å². The summed E-state index contributed by atoms with van der Waals surface area (Å²) < 4.78 is 43.8. The second-order valence-corrected chi connectivity index (χ2v) is 10.7. The maximum absolute atomic E-state index is 12.5. The van der Waals surface area contributed by atoms with Gasteiger partial charge in [-0.3, -0.25) is 14.1 Å². The van der Waals surface area contributed by atoms with Crippen LogP contribution in [0.3, 0.4) is 0 Å². The van der Waals surface area contributed by atoms with Crippen LogP contribution >= 0.6 is 11.3 Å². The molecule has 3 N–H and O–H groups in total. The van der Waals surface area contributed by atoms with Gasteiger partial charge in [0.15, 0.2) is 0 Å². The number of nitrogens with zero attached hydrogens (tertiary/aromatic N) is 1. The molecule has 0 saturated carbocycles. The smallest absolute Gasteiger partial charge is 0.408 e. The molecule has 0 fully saturated rings. The number of hydrogen-bond donors (Lipinski definition) is 3. The van der Waals surface area contributed by atoms with Crippen molar-refractivity contribution in [1.29, 1.82) is 0 Å². The van der Waals surface area contributed by atoms with Gasteiger partial charge in [0.1, 0.15) is 10.6 Å². The van der Waals surface area contributed by atoms with E-state index in [2.05, 4.69) is 15.0 Å². The summed E-state index contributed by atoms with van der Waals surface area (Å²) in [6, 6.07) is -0.510. The Labute approximate surface area is 198 Å². The fourth-order valence-corrected chi connectivity index (χ4v) is 4.65. The predicted molar refractivity (Wildman–Crippen MR) is 124 cm³/mol. The van der Waals surface area contributed by atoms with Crippen molar-refractivity contribution < 1.29 is 32.0 Å². The molecule has 2 rings (SSSR count). The van der Waals surface area contributed by atoms with Crippen molar-refractivity contribution in [3.63, 3.8) is 0 Å². The lowest BCUT2D eigenvalue weighted by Crippen LogP contribution is -2.35. The lowest BCUT2D eigenvalue weighted by atomic mass is 9.89. The lowest BCUT2D eigenvalue weighted by Gasteiger charge is -2.26. The molecular weight excluding hydrogens is 470 g/mol. The van der Waals surface area contributed by atoms with Gasteiger partial charge in [-0.2, -0.15) is 8.42 Å². The highest BCUT2D eigenvalue weighted by Gasteiger charge is 2.26. The quantitative estimate of drug-likeness (QED) is 0.345. The summed E-state index contributed by atoms with van der Waals surface area (Å²) in [5.41, 5.74) is 1.20. The van der Waals surface area contributed by atoms with E-state index in [0.29, 0.717) is 29.2 Å². The van der Waals surface area contributed by atoms with Crippen LogP contribution in [0, 0.1) is 5.92 Å². The molecule has 0 aliphatic heterocycles. The first-order valence-corrected chi connectivity index (χ1v) is 12.8. The first-order valence-electron chi connectivity index (χ1n) is 10.5. The summed E-state index contributed by atoms with van der Waals surface area (Å²) in [6.07, 6.45) is 3.72. The van der Waals surface area contributed by atoms with Crippen molar-refractivity contribution >= 4 is 33.7 Å². The summed E-state index contributed by atoms with van der Waals surface area (Å²) in [7, 11) is -4.35. The molecule has 33 heavy (non-hydrogen) atoms. The van der Waals surface area contributed by atoms with E-state index in [-0.39, 0.29) is 24.9 Å². The molecule has 0 saturated heterocycles. The molecule has 0 bridgehead atoms. The van der Waals surface area contributed by atoms with Crippen LogP contribution in [0.15, 0.2) is 28.8 Å². The van der Waals surface area contributed by atoms with Gasteiger partial charge in [0.05, 0.1) is 24.8 Å². The summed E-state index contributed by atoms with van der Waals surface area (Å²) in [5.74, 6) is -0.566. The average Bonchev–Trinajstić information content (AvgIpc) is 3.09. The zero-order valence-electron chi connectivity index (χ0n) is 19.4. The summed E-state index contributed by atoms with van der Waals surface area (Å²) in [6.45, 7) is 9.14. The number of nitrogens with one attached hydrogen (secondary N) is 2. The molecule has 1 aromatic rings. The summed E-state index contributed by atoms with van der Waals surface area (Å²) in [4.78, 5) is 28.8. The second-order valence-electron chi connectivity index (χ2n) is 8.69. The van der Waals surface area contributed by atoms with Crippen molar-refractivity contribution in [1.82, 2.24) is 15.0 Å². The van der Waals surface area contributed by atoms with Crippen molar-refractivity contribution in [2.24, 2.45) is 5.92 Å². The maximum Gasteiger partial charge on any atom is 0.408 e. The molecule has 0 spiro atoms. The number of esters is 1. The van der Waals surface area contributed by atoms with Crippen LogP contribution in [-0.2, 0) is 31.0 Å². The van der Waals surface area contributed by atoms with Gasteiger partial charge < -0.3 is 14.8 Å². The van der Waals surface area contributed by atoms with E-state index >= 15 is 0 Å². The van der Waals surface area contributed by atoms with Crippen molar-refractivity contribution in [2.45, 2.75) is 65.5 Å². The van der Waals surface area contributed by atoms with Crippen molar-refractivity contribution in [3.05, 3.63) is 39.5 Å². The molecule has 0 aromatic carbocycles. The van der Waals surface area contributed by atoms with Crippen LogP contribution < -0.4 is 10.0 Å². The number of carbonyl (C=O) groups is 2. The Morgan fingerprint density at radius 2 is 2.03 bits per heavy atom. The van der Waals surface area contributed by atoms with Gasteiger partial charge >= 0.3 is 22.4 Å². The topological polar surface area (TPSA) is 144 Å². The van der Waals surface area contributed by atoms with E-state index in [1.807, 2.05) is 6.92 Å². The predicted octanol–water partition coefficient (Wildman–Crippen LogP) is 3.45. The molecule has 2 atom stereocenters. The highest BCUT2D eigenvalue weighted by molar-refractivity contribution is 7.83. The Bertz CT molecular complexity index is 1020. The number of ether oxygens (including phenoxy) is 2. The SMILES string of the molecule is CCOC(=O)Cc1csc([C@H](CC2=CC=C(NS(=O)(=O)O)C(C)C2)NC(=O)OC(C)(C)C)n1. The number of allylic oxidation sites excluding steroid dienone is 3. The van der Waals surface area contributed by atoms with Gasteiger partial charge in [-0.25, -0.2) is 9.78 Å². The zero-order chi connectivity index (χ0) is 24.8. The van der Waals surface area contributed by atoms with Gasteiger partial charge in [0.2, 0.25) is 0 Å². The number of aromatic nitrogens is 1. The molecule has 1 aromatic heterocycles. The van der Waals surface area contributed by atoms with E-state index < -0.39 is 28.0 Å². The van der Waals surface area contributed by atoms with Crippen LogP contribution in [0.25, 0.3) is 0 Å². The Kier molecular flexibility index (Phi) is 9.04. The molecule has 10 nitrogen and oxygen atoms in total. The number of thiazole rings is 1. The third kappa shape index (κ3) is 9.52. The minimum Gasteiger partial charge on any atom is -0.466 e. The second kappa shape index (κ2) is 11.1. The fraction of sp³-hybridized carbons (Fsp3) is 0.571. The van der Waals surface area contributed by atoms with Crippen LogP contribution in [-0.4, -0.2) is 42.2 Å². The normalized spacial score (nSPS) is 17.5. The Hall–Kier alpha value is -2.44. The summed E-state index contributed by atoms with van der Waals surface area (Å²) >= 11 is 1.32. The standard InChI is InChI=1S/C21H31N3O7S2/c1-6-30-18(25)11-15-12-32-19(22-15)17(23-20(26)31-21(3,4)5)10-14-7-8-16(13(2)9-14)24-33(27,28)29/h7-8,12-13,17,24H,6,9-11H2,1-5H3,(H,23,26)(H,27,28,29)/t13?,17-/m0/s1. The van der Waals surface area contributed by atoms with Crippen LogP contribution in [0.5, 0.6) is 0 Å². The van der Waals surface area contributed by atoms with E-state index in [9.17, 15) is 18.0 Å². The molecule has 1 amide bonds. The third-order valence-electron chi connectivity index (χ3n) is 4.50. The molecule has 1 aliphatic rings. The molecular formula is C21H31N3O7S2. The molecule has 1 aliphatic carbocycles. The zero-order valence-corrected chi connectivity index (χ0v) is 21.0. The largest absolute Gasteiger partial charge is 0.466 e. The Balaban J connectivity index is 2.22. The van der Waals surface area contributed by atoms with Gasteiger partial charge in [-0.05, 0) is 46.6 Å². The average molecular weight is 502 g/mol. The molecule has 184 valence electrons. The highest BCUT2D eigenvalue weighted by Crippen LogP contribution is 2.32. The number of alkyl carbamates (subject to hydrolysis) is 1. The Morgan fingerprint density at radius 3 is 2.61 bits per heavy atom. The third-order valence-corrected chi connectivity index (χ3v) is 6.00. The highest BCUT2D eigenvalue weighted by atomic mass is 32.2. The molecule has 12 heteroatoms. The first kappa shape index (κ1) is 26.8. The number of carbonyl (C=O) groups excluding carboxylic acids is 2. The van der Waals surface area contributed by atoms with E-state index in [1.54, 1.807) is 45.2 Å². The number of rotatable bonds is 9. The van der Waals surface area contributed by atoms with E-state index in [4.69, 9.17) is 14.0 Å². The van der Waals surface area contributed by atoms with Crippen molar-refractivity contribution in [2.75, 3.05) is 6.61 Å². The van der Waals surface area contributed by atoms with Crippen LogP contribution in [0.1, 0.15) is 64.2 Å². The fourth-order valence-electron chi connectivity index (χ4n) is 3.21. The lowest BCUT2D eigenvalue weighted by molar-refractivity contribution is -0.142. The van der Waals surface area contributed by atoms with Crippen LogP contribution in [0.2, 0.25) is 0 Å². The minimum atomic E-state index is -4.35. The van der Waals surface area contributed by atoms with Crippen LogP contribution in [0.4, 0.5) is 4.79 Å². The van der Waals surface area contributed by atoms with Gasteiger partial charge in [-0.15, -0.1) is 11.3 Å². The number of amides is 1. The Morgan fingerprint density at radius 1 is 1.33 bits per heavy atom. The molecule has 1 heterocycles. The minimum absolute atomic E-state index is 0.0383.